The van der Waals surface area contributed by atoms with Crippen LogP contribution in [0.3, 0.4) is 0 Å². The molecule has 0 radical (unpaired) electrons. The number of nitro benzene ring substituents is 1. The molecule has 8 nitrogen and oxygen atoms in total. The molecule has 9 heteroatoms. The molecule has 1 N–H and O–H groups in total. The minimum Gasteiger partial charge on any atom is -0.311 e. The van der Waals surface area contributed by atoms with Crippen molar-refractivity contribution in [3.8, 4) is 0 Å². The number of rotatable bonds is 4. The van der Waals surface area contributed by atoms with Gasteiger partial charge in [0.15, 0.2) is 5.13 Å². The number of nitrogens with one attached hydrogen (secondary N) is 1. The Hall–Kier alpha value is -3.33. The first kappa shape index (κ1) is 17.1. The summed E-state index contributed by atoms with van der Waals surface area (Å²) in [6, 6.07) is 13.4. The van der Waals surface area contributed by atoms with E-state index in [9.17, 15) is 19.7 Å². The van der Waals surface area contributed by atoms with Gasteiger partial charge in [-0.3, -0.25) is 19.7 Å². The number of nitrogens with zero attached hydrogens (tertiary/aromatic N) is 3. The molecule has 1 fully saturated rings. The Morgan fingerprint density at radius 1 is 1.26 bits per heavy atom. The number of amides is 2. The second-order valence-corrected chi connectivity index (χ2v) is 7.19. The lowest BCUT2D eigenvalue weighted by Crippen LogP contribution is -2.28. The molecule has 3 aromatic rings. The fourth-order valence-corrected chi connectivity index (χ4v) is 3.91. The minimum absolute atomic E-state index is 0.0550. The van der Waals surface area contributed by atoms with Crippen LogP contribution in [0.4, 0.5) is 16.5 Å². The van der Waals surface area contributed by atoms with Crippen LogP contribution in [0, 0.1) is 16.0 Å². The predicted molar refractivity (Wildman–Crippen MR) is 102 cm³/mol. The van der Waals surface area contributed by atoms with E-state index in [0.29, 0.717) is 10.8 Å². The van der Waals surface area contributed by atoms with E-state index < -0.39 is 10.8 Å². The third kappa shape index (κ3) is 3.36. The van der Waals surface area contributed by atoms with Crippen LogP contribution in [0.15, 0.2) is 48.5 Å². The van der Waals surface area contributed by atoms with E-state index in [1.165, 1.54) is 34.4 Å². The van der Waals surface area contributed by atoms with Crippen LogP contribution >= 0.6 is 11.3 Å². The van der Waals surface area contributed by atoms with Gasteiger partial charge in [0.2, 0.25) is 11.8 Å². The number of fused-ring (bicyclic) bond motifs is 1. The van der Waals surface area contributed by atoms with Crippen molar-refractivity contribution in [3.05, 3.63) is 58.6 Å². The van der Waals surface area contributed by atoms with E-state index in [0.717, 1.165) is 10.2 Å². The molecule has 0 spiro atoms. The number of anilines is 2. The summed E-state index contributed by atoms with van der Waals surface area (Å²) in [5.74, 6) is -1.06. The molecule has 1 atom stereocenters. The quantitative estimate of drug-likeness (QED) is 0.551. The summed E-state index contributed by atoms with van der Waals surface area (Å²) >= 11 is 1.37. The summed E-state index contributed by atoms with van der Waals surface area (Å²) in [5, 5.41) is 14.2. The first-order valence-corrected chi connectivity index (χ1v) is 9.04. The molecule has 4 rings (SSSR count). The Balaban J connectivity index is 1.49. The third-order valence-electron chi connectivity index (χ3n) is 4.37. The van der Waals surface area contributed by atoms with Gasteiger partial charge in [-0.25, -0.2) is 4.98 Å². The number of hydrogen-bond donors (Lipinski definition) is 1. The zero-order valence-corrected chi connectivity index (χ0v) is 14.8. The summed E-state index contributed by atoms with van der Waals surface area (Å²) < 4.78 is 0.966. The summed E-state index contributed by atoms with van der Waals surface area (Å²) in [5.41, 5.74) is 1.13. The maximum atomic E-state index is 12.6. The fourth-order valence-electron chi connectivity index (χ4n) is 3.04. The van der Waals surface area contributed by atoms with Crippen LogP contribution in [0.1, 0.15) is 6.42 Å². The van der Waals surface area contributed by atoms with Crippen molar-refractivity contribution < 1.29 is 14.5 Å². The van der Waals surface area contributed by atoms with Crippen LogP contribution in [0.5, 0.6) is 0 Å². The van der Waals surface area contributed by atoms with E-state index in [2.05, 4.69) is 10.3 Å². The Labute approximate surface area is 157 Å². The van der Waals surface area contributed by atoms with Crippen LogP contribution in [-0.2, 0) is 9.59 Å². The van der Waals surface area contributed by atoms with Crippen molar-refractivity contribution in [2.75, 3.05) is 16.8 Å². The highest BCUT2D eigenvalue weighted by atomic mass is 32.1. The van der Waals surface area contributed by atoms with Gasteiger partial charge in [-0.2, -0.15) is 0 Å². The van der Waals surface area contributed by atoms with Crippen LogP contribution in [0.2, 0.25) is 0 Å². The standard InChI is InChI=1S/C18H14N4O4S/c23-16-8-11(10-21(16)12-4-3-5-13(9-12)22(25)26)17(24)20-18-19-14-6-1-2-7-15(14)27-18/h1-7,9,11H,8,10H2,(H,19,20,24)/t11-/m0/s1. The molecule has 2 heterocycles. The minimum atomic E-state index is -0.538. The molecule has 136 valence electrons. The van der Waals surface area contributed by atoms with Crippen LogP contribution in [-0.4, -0.2) is 28.3 Å². The van der Waals surface area contributed by atoms with Crippen LogP contribution in [0.25, 0.3) is 10.2 Å². The molecular formula is C18H14N4O4S. The van der Waals surface area contributed by atoms with Gasteiger partial charge in [0.25, 0.3) is 5.69 Å². The zero-order valence-electron chi connectivity index (χ0n) is 14.0. The monoisotopic (exact) mass is 382 g/mol. The average molecular weight is 382 g/mol. The highest BCUT2D eigenvalue weighted by Gasteiger charge is 2.35. The topological polar surface area (TPSA) is 105 Å². The molecule has 1 aliphatic rings. The van der Waals surface area contributed by atoms with Crippen LogP contribution < -0.4 is 10.2 Å². The second-order valence-electron chi connectivity index (χ2n) is 6.16. The Morgan fingerprint density at radius 3 is 2.85 bits per heavy atom. The molecule has 1 aliphatic heterocycles. The van der Waals surface area contributed by atoms with Crippen molar-refractivity contribution in [2.24, 2.45) is 5.92 Å². The van der Waals surface area contributed by atoms with Gasteiger partial charge in [-0.1, -0.05) is 29.5 Å². The lowest BCUT2D eigenvalue weighted by Gasteiger charge is -2.16. The summed E-state index contributed by atoms with van der Waals surface area (Å²) in [7, 11) is 0. The van der Waals surface area contributed by atoms with Crippen molar-refractivity contribution in [3.63, 3.8) is 0 Å². The number of benzene rings is 2. The van der Waals surface area contributed by atoms with Crippen molar-refractivity contribution in [1.82, 2.24) is 4.98 Å². The summed E-state index contributed by atoms with van der Waals surface area (Å²) in [6.07, 6.45) is 0.0550. The van der Waals surface area contributed by atoms with Gasteiger partial charge >= 0.3 is 0 Å². The first-order chi connectivity index (χ1) is 13.0. The molecule has 0 saturated carbocycles. The summed E-state index contributed by atoms with van der Waals surface area (Å²) in [6.45, 7) is 0.177. The second kappa shape index (κ2) is 6.76. The number of aromatic nitrogens is 1. The highest BCUT2D eigenvalue weighted by molar-refractivity contribution is 7.22. The van der Waals surface area contributed by atoms with E-state index >= 15 is 0 Å². The molecule has 2 amide bonds. The van der Waals surface area contributed by atoms with Gasteiger partial charge in [-0.15, -0.1) is 0 Å². The van der Waals surface area contributed by atoms with Gasteiger partial charge in [0.05, 0.1) is 26.7 Å². The Bertz CT molecular complexity index is 1030. The first-order valence-electron chi connectivity index (χ1n) is 8.22. The number of thiazole rings is 1. The van der Waals surface area contributed by atoms with Gasteiger partial charge in [0.1, 0.15) is 0 Å². The van der Waals surface area contributed by atoms with Crippen molar-refractivity contribution >= 4 is 49.9 Å². The normalized spacial score (nSPS) is 16.7. The average Bonchev–Trinajstić information content (AvgIpc) is 3.24. The smallest absolute Gasteiger partial charge is 0.271 e. The number of non-ortho nitro benzene ring substituents is 1. The zero-order chi connectivity index (χ0) is 19.0. The summed E-state index contributed by atoms with van der Waals surface area (Å²) in [4.78, 5) is 41.1. The lowest BCUT2D eigenvalue weighted by molar-refractivity contribution is -0.384. The van der Waals surface area contributed by atoms with Crippen molar-refractivity contribution in [1.29, 1.82) is 0 Å². The van der Waals surface area contributed by atoms with Gasteiger partial charge < -0.3 is 10.2 Å². The lowest BCUT2D eigenvalue weighted by atomic mass is 10.1. The Kier molecular flexibility index (Phi) is 4.28. The molecule has 0 bridgehead atoms. The van der Waals surface area contributed by atoms with E-state index in [1.807, 2.05) is 24.3 Å². The van der Waals surface area contributed by atoms with Gasteiger partial charge in [-0.05, 0) is 18.2 Å². The third-order valence-corrected chi connectivity index (χ3v) is 5.32. The fraction of sp³-hybridized carbons (Fsp3) is 0.167. The number of para-hydroxylation sites is 1. The maximum absolute atomic E-state index is 12.6. The molecule has 0 aliphatic carbocycles. The molecule has 1 aromatic heterocycles. The highest BCUT2D eigenvalue weighted by Crippen LogP contribution is 2.30. The maximum Gasteiger partial charge on any atom is 0.271 e. The van der Waals surface area contributed by atoms with E-state index in [1.54, 1.807) is 6.07 Å². The molecule has 27 heavy (non-hydrogen) atoms. The molecule has 2 aromatic carbocycles. The number of carbonyl (C=O) groups is 2. The van der Waals surface area contributed by atoms with E-state index in [-0.39, 0.29) is 30.5 Å². The van der Waals surface area contributed by atoms with E-state index in [4.69, 9.17) is 0 Å². The molecule has 1 saturated heterocycles. The van der Waals surface area contributed by atoms with Crippen molar-refractivity contribution in [2.45, 2.75) is 6.42 Å². The number of hydrogen-bond acceptors (Lipinski definition) is 6. The predicted octanol–water partition coefficient (Wildman–Crippen LogP) is 3.20. The molecule has 0 unspecified atom stereocenters. The number of carbonyl (C=O) groups excluding carboxylic acids is 2. The van der Waals surface area contributed by atoms with Gasteiger partial charge in [0, 0.05) is 25.1 Å². The Morgan fingerprint density at radius 2 is 2.07 bits per heavy atom. The molecular weight excluding hydrogens is 368 g/mol. The largest absolute Gasteiger partial charge is 0.311 e. The SMILES string of the molecule is O=C(Nc1nc2ccccc2s1)[C@H]1CC(=O)N(c2cccc([N+](=O)[O-])c2)C1. The number of nitro groups is 1.